The summed E-state index contributed by atoms with van der Waals surface area (Å²) in [6, 6.07) is 0. The third-order valence-corrected chi connectivity index (χ3v) is 4.10. The lowest BCUT2D eigenvalue weighted by Crippen LogP contribution is -2.45. The molecule has 1 aliphatic carbocycles. The van der Waals surface area contributed by atoms with Crippen molar-refractivity contribution < 1.29 is 0 Å². The van der Waals surface area contributed by atoms with Gasteiger partial charge in [0.2, 0.25) is 0 Å². The Morgan fingerprint density at radius 2 is 1.82 bits per heavy atom. The molecule has 0 aromatic rings. The standard InChI is InChI=1S/C15H32N2/c1-5-17(11-14(2)3)13-15(12-16-4)9-7-6-8-10-15/h14,16H,5-13H2,1-4H3. The molecule has 1 rings (SSSR count). The Labute approximate surface area is 108 Å². The summed E-state index contributed by atoms with van der Waals surface area (Å²) >= 11 is 0. The van der Waals surface area contributed by atoms with Crippen LogP contribution in [0.5, 0.6) is 0 Å². The summed E-state index contributed by atoms with van der Waals surface area (Å²) in [4.78, 5) is 2.66. The van der Waals surface area contributed by atoms with Crippen molar-refractivity contribution in [3.63, 3.8) is 0 Å². The van der Waals surface area contributed by atoms with E-state index in [-0.39, 0.29) is 0 Å². The molecule has 0 bridgehead atoms. The number of hydrogen-bond acceptors (Lipinski definition) is 2. The fourth-order valence-corrected chi connectivity index (χ4v) is 3.36. The Bertz CT molecular complexity index is 190. The van der Waals surface area contributed by atoms with Gasteiger partial charge in [-0.1, -0.05) is 40.0 Å². The van der Waals surface area contributed by atoms with Crippen LogP contribution in [0.25, 0.3) is 0 Å². The average Bonchev–Trinajstić information content (AvgIpc) is 2.29. The summed E-state index contributed by atoms with van der Waals surface area (Å²) < 4.78 is 0. The first-order chi connectivity index (χ1) is 8.12. The Kier molecular flexibility index (Phi) is 6.50. The van der Waals surface area contributed by atoms with Crippen LogP contribution in [0.3, 0.4) is 0 Å². The van der Waals surface area contributed by atoms with Crippen molar-refractivity contribution in [2.24, 2.45) is 11.3 Å². The van der Waals surface area contributed by atoms with E-state index in [4.69, 9.17) is 0 Å². The van der Waals surface area contributed by atoms with E-state index in [1.54, 1.807) is 0 Å². The van der Waals surface area contributed by atoms with Crippen molar-refractivity contribution in [2.45, 2.75) is 52.9 Å². The molecule has 102 valence electrons. The molecule has 0 aliphatic heterocycles. The molecule has 0 atom stereocenters. The third kappa shape index (κ3) is 4.97. The summed E-state index contributed by atoms with van der Waals surface area (Å²) in [6.45, 7) is 11.9. The van der Waals surface area contributed by atoms with E-state index >= 15 is 0 Å². The number of rotatable bonds is 7. The van der Waals surface area contributed by atoms with Crippen LogP contribution in [0, 0.1) is 11.3 Å². The molecule has 0 spiro atoms. The van der Waals surface area contributed by atoms with Crippen LogP contribution in [0.4, 0.5) is 0 Å². The molecule has 17 heavy (non-hydrogen) atoms. The Balaban J connectivity index is 2.56. The van der Waals surface area contributed by atoms with E-state index in [2.05, 4.69) is 38.0 Å². The second-order valence-corrected chi connectivity index (χ2v) is 6.31. The first-order valence-corrected chi connectivity index (χ1v) is 7.49. The van der Waals surface area contributed by atoms with Crippen LogP contribution in [0.15, 0.2) is 0 Å². The summed E-state index contributed by atoms with van der Waals surface area (Å²) in [7, 11) is 2.11. The monoisotopic (exact) mass is 240 g/mol. The van der Waals surface area contributed by atoms with Crippen molar-refractivity contribution in [1.82, 2.24) is 10.2 Å². The normalized spacial score (nSPS) is 20.1. The minimum atomic E-state index is 0.553. The van der Waals surface area contributed by atoms with Crippen molar-refractivity contribution >= 4 is 0 Å². The molecular weight excluding hydrogens is 208 g/mol. The van der Waals surface area contributed by atoms with Gasteiger partial charge in [-0.2, -0.15) is 0 Å². The van der Waals surface area contributed by atoms with Gasteiger partial charge in [0, 0.05) is 19.6 Å². The summed E-state index contributed by atoms with van der Waals surface area (Å²) in [6.07, 6.45) is 7.15. The second-order valence-electron chi connectivity index (χ2n) is 6.31. The van der Waals surface area contributed by atoms with Gasteiger partial charge >= 0.3 is 0 Å². The molecule has 0 unspecified atom stereocenters. The van der Waals surface area contributed by atoms with Gasteiger partial charge in [0.1, 0.15) is 0 Å². The maximum atomic E-state index is 3.43. The van der Waals surface area contributed by atoms with Gasteiger partial charge in [-0.15, -0.1) is 0 Å². The van der Waals surface area contributed by atoms with E-state index in [1.807, 2.05) is 0 Å². The fraction of sp³-hybridized carbons (Fsp3) is 1.00. The van der Waals surface area contributed by atoms with E-state index in [9.17, 15) is 0 Å². The molecule has 1 N–H and O–H groups in total. The van der Waals surface area contributed by atoms with Crippen LogP contribution in [0.1, 0.15) is 52.9 Å². The molecule has 0 saturated heterocycles. The predicted molar refractivity (Wildman–Crippen MR) is 76.4 cm³/mol. The van der Waals surface area contributed by atoms with Crippen molar-refractivity contribution in [1.29, 1.82) is 0 Å². The van der Waals surface area contributed by atoms with Gasteiger partial charge in [-0.05, 0) is 37.8 Å². The minimum Gasteiger partial charge on any atom is -0.319 e. The maximum absolute atomic E-state index is 3.43. The molecule has 0 heterocycles. The lowest BCUT2D eigenvalue weighted by molar-refractivity contribution is 0.0999. The quantitative estimate of drug-likeness (QED) is 0.735. The van der Waals surface area contributed by atoms with Crippen molar-refractivity contribution in [3.8, 4) is 0 Å². The molecule has 0 radical (unpaired) electrons. The molecule has 0 amide bonds. The second kappa shape index (κ2) is 7.38. The summed E-state index contributed by atoms with van der Waals surface area (Å²) in [5.74, 6) is 0.783. The Hall–Kier alpha value is -0.0800. The number of nitrogens with one attached hydrogen (secondary N) is 1. The molecule has 1 saturated carbocycles. The molecule has 2 nitrogen and oxygen atoms in total. The molecular formula is C15H32N2. The molecule has 0 aromatic carbocycles. The van der Waals surface area contributed by atoms with Gasteiger partial charge in [0.25, 0.3) is 0 Å². The predicted octanol–water partition coefficient (Wildman–Crippen LogP) is 3.13. The highest BCUT2D eigenvalue weighted by atomic mass is 15.1. The molecule has 1 fully saturated rings. The van der Waals surface area contributed by atoms with Gasteiger partial charge in [-0.25, -0.2) is 0 Å². The van der Waals surface area contributed by atoms with E-state index in [1.165, 1.54) is 58.3 Å². The van der Waals surface area contributed by atoms with Crippen molar-refractivity contribution in [3.05, 3.63) is 0 Å². The highest BCUT2D eigenvalue weighted by Crippen LogP contribution is 2.36. The van der Waals surface area contributed by atoms with Crippen molar-refractivity contribution in [2.75, 3.05) is 33.2 Å². The van der Waals surface area contributed by atoms with Gasteiger partial charge in [0.15, 0.2) is 0 Å². The maximum Gasteiger partial charge on any atom is 0.00501 e. The van der Waals surface area contributed by atoms with E-state index in [0.29, 0.717) is 5.41 Å². The molecule has 1 aliphatic rings. The number of nitrogens with zero attached hydrogens (tertiary/aromatic N) is 1. The lowest BCUT2D eigenvalue weighted by Gasteiger charge is -2.41. The SMILES string of the molecule is CCN(CC(C)C)CC1(CNC)CCCCC1. The summed E-state index contributed by atoms with van der Waals surface area (Å²) in [5.41, 5.74) is 0.553. The molecule has 2 heteroatoms. The highest BCUT2D eigenvalue weighted by Gasteiger charge is 2.32. The van der Waals surface area contributed by atoms with Crippen LogP contribution >= 0.6 is 0 Å². The highest BCUT2D eigenvalue weighted by molar-refractivity contribution is 4.87. The van der Waals surface area contributed by atoms with Crippen LogP contribution in [-0.2, 0) is 0 Å². The first-order valence-electron chi connectivity index (χ1n) is 7.49. The van der Waals surface area contributed by atoms with Crippen LogP contribution in [0.2, 0.25) is 0 Å². The van der Waals surface area contributed by atoms with Gasteiger partial charge < -0.3 is 10.2 Å². The minimum absolute atomic E-state index is 0.553. The number of hydrogen-bond donors (Lipinski definition) is 1. The van der Waals surface area contributed by atoms with Gasteiger partial charge in [0.05, 0.1) is 0 Å². The topological polar surface area (TPSA) is 15.3 Å². The Morgan fingerprint density at radius 3 is 2.29 bits per heavy atom. The average molecular weight is 240 g/mol. The van der Waals surface area contributed by atoms with E-state index in [0.717, 1.165) is 5.92 Å². The largest absolute Gasteiger partial charge is 0.319 e. The zero-order valence-electron chi connectivity index (χ0n) is 12.4. The summed E-state index contributed by atoms with van der Waals surface area (Å²) in [5, 5.41) is 3.43. The third-order valence-electron chi connectivity index (χ3n) is 4.10. The zero-order valence-corrected chi connectivity index (χ0v) is 12.4. The zero-order chi connectivity index (χ0) is 12.7. The lowest BCUT2D eigenvalue weighted by atomic mass is 9.73. The van der Waals surface area contributed by atoms with Crippen LogP contribution < -0.4 is 5.32 Å². The van der Waals surface area contributed by atoms with Crippen LogP contribution in [-0.4, -0.2) is 38.1 Å². The smallest absolute Gasteiger partial charge is 0.00501 e. The van der Waals surface area contributed by atoms with E-state index < -0.39 is 0 Å². The first kappa shape index (κ1) is 15.0. The fourth-order valence-electron chi connectivity index (χ4n) is 3.36. The van der Waals surface area contributed by atoms with Gasteiger partial charge in [-0.3, -0.25) is 0 Å². The molecule has 0 aromatic heterocycles. The Morgan fingerprint density at radius 1 is 1.18 bits per heavy atom.